The highest BCUT2D eigenvalue weighted by atomic mass is 79.9. The van der Waals surface area contributed by atoms with Crippen molar-refractivity contribution in [3.63, 3.8) is 0 Å². The van der Waals surface area contributed by atoms with Gasteiger partial charge in [-0.25, -0.2) is 0 Å². The first-order chi connectivity index (χ1) is 9.13. The van der Waals surface area contributed by atoms with Crippen molar-refractivity contribution in [2.45, 2.75) is 31.5 Å². The molecule has 0 aliphatic rings. The highest BCUT2D eigenvalue weighted by molar-refractivity contribution is 9.10. The summed E-state index contributed by atoms with van der Waals surface area (Å²) >= 11 is 7.39. The molecular formula is C15H22Br2O2. The van der Waals surface area contributed by atoms with Crippen molar-refractivity contribution in [3.05, 3.63) is 28.2 Å². The second kappa shape index (κ2) is 8.98. The molecule has 0 saturated carbocycles. The second-order valence-corrected chi connectivity index (χ2v) is 6.35. The lowest BCUT2D eigenvalue weighted by Gasteiger charge is -2.20. The third-order valence-corrected chi connectivity index (χ3v) is 5.18. The van der Waals surface area contributed by atoms with E-state index in [2.05, 4.69) is 57.8 Å². The predicted octanol–water partition coefficient (Wildman–Crippen LogP) is 5.35. The van der Waals surface area contributed by atoms with E-state index >= 15 is 0 Å². The van der Waals surface area contributed by atoms with Crippen LogP contribution in [0.5, 0.6) is 5.75 Å². The van der Waals surface area contributed by atoms with E-state index in [1.165, 1.54) is 18.4 Å². The Balaban J connectivity index is 2.75. The van der Waals surface area contributed by atoms with E-state index in [0.29, 0.717) is 24.0 Å². The lowest BCUT2D eigenvalue weighted by atomic mass is 9.94. The molecule has 4 heteroatoms. The average molecular weight is 394 g/mol. The van der Waals surface area contributed by atoms with Gasteiger partial charge in [-0.1, -0.05) is 48.7 Å². The van der Waals surface area contributed by atoms with Gasteiger partial charge in [0.1, 0.15) is 12.4 Å². The maximum Gasteiger partial charge on any atom is 0.133 e. The summed E-state index contributed by atoms with van der Waals surface area (Å²) in [4.78, 5) is 0.395. The minimum absolute atomic E-state index is 0.395. The van der Waals surface area contributed by atoms with Gasteiger partial charge in [0.05, 0.1) is 11.1 Å². The molecule has 0 saturated heterocycles. The first kappa shape index (κ1) is 17.0. The Hall–Kier alpha value is -0.0600. The van der Waals surface area contributed by atoms with Gasteiger partial charge in [0.25, 0.3) is 0 Å². The van der Waals surface area contributed by atoms with E-state index in [1.54, 1.807) is 7.11 Å². The number of alkyl halides is 1. The summed E-state index contributed by atoms with van der Waals surface area (Å²) in [6, 6.07) is 6.29. The van der Waals surface area contributed by atoms with Crippen molar-refractivity contribution in [1.29, 1.82) is 0 Å². The Kier molecular flexibility index (Phi) is 8.03. The van der Waals surface area contributed by atoms with E-state index < -0.39 is 0 Å². The molecule has 0 N–H and O–H groups in total. The van der Waals surface area contributed by atoms with Crippen molar-refractivity contribution in [1.82, 2.24) is 0 Å². The van der Waals surface area contributed by atoms with Crippen LogP contribution in [0.25, 0.3) is 0 Å². The highest BCUT2D eigenvalue weighted by Gasteiger charge is 2.18. The van der Waals surface area contributed by atoms with Gasteiger partial charge in [0.2, 0.25) is 0 Å². The Bertz CT molecular complexity index is 378. The van der Waals surface area contributed by atoms with Crippen molar-refractivity contribution >= 4 is 31.9 Å². The van der Waals surface area contributed by atoms with Gasteiger partial charge in [-0.15, -0.1) is 0 Å². The first-order valence-corrected chi connectivity index (χ1v) is 8.40. The van der Waals surface area contributed by atoms with E-state index in [-0.39, 0.29) is 0 Å². The van der Waals surface area contributed by atoms with Crippen LogP contribution in [-0.2, 0) is 4.74 Å². The monoisotopic (exact) mass is 392 g/mol. The van der Waals surface area contributed by atoms with Gasteiger partial charge in [-0.3, -0.25) is 0 Å². The molecule has 0 fully saturated rings. The number of hydrogen-bond donors (Lipinski definition) is 0. The van der Waals surface area contributed by atoms with Crippen LogP contribution in [0, 0.1) is 5.92 Å². The minimum atomic E-state index is 0.395. The number of halogens is 2. The maximum atomic E-state index is 5.64. The average Bonchev–Trinajstić information content (AvgIpc) is 2.42. The number of hydrogen-bond acceptors (Lipinski definition) is 2. The third kappa shape index (κ3) is 5.09. The molecule has 0 aliphatic carbocycles. The van der Waals surface area contributed by atoms with Gasteiger partial charge in [-0.2, -0.15) is 0 Å². The predicted molar refractivity (Wildman–Crippen MR) is 87.3 cm³/mol. The van der Waals surface area contributed by atoms with E-state index in [9.17, 15) is 0 Å². The Morgan fingerprint density at radius 2 is 1.84 bits per heavy atom. The van der Waals surface area contributed by atoms with Crippen LogP contribution in [0.3, 0.4) is 0 Å². The molecule has 0 bridgehead atoms. The quantitative estimate of drug-likeness (QED) is 0.438. The number of benzene rings is 1. The van der Waals surface area contributed by atoms with Gasteiger partial charge in [0, 0.05) is 11.9 Å². The topological polar surface area (TPSA) is 18.5 Å². The Morgan fingerprint density at radius 3 is 2.37 bits per heavy atom. The van der Waals surface area contributed by atoms with E-state index in [0.717, 1.165) is 10.2 Å². The Labute approximate surface area is 133 Å². The van der Waals surface area contributed by atoms with Crippen molar-refractivity contribution in [2.24, 2.45) is 5.92 Å². The van der Waals surface area contributed by atoms with Gasteiger partial charge in [-0.05, 0) is 39.5 Å². The molecule has 0 aliphatic heterocycles. The van der Waals surface area contributed by atoms with Crippen molar-refractivity contribution < 1.29 is 9.47 Å². The minimum Gasteiger partial charge on any atom is -0.490 e. The molecule has 1 aromatic rings. The molecular weight excluding hydrogens is 372 g/mol. The molecule has 1 rings (SSSR count). The second-order valence-electron chi connectivity index (χ2n) is 4.51. The number of methoxy groups -OCH3 is 1. The third-order valence-electron chi connectivity index (χ3n) is 3.28. The smallest absolute Gasteiger partial charge is 0.133 e. The van der Waals surface area contributed by atoms with Crippen LogP contribution in [0.15, 0.2) is 22.7 Å². The number of rotatable bonds is 8. The van der Waals surface area contributed by atoms with E-state index in [4.69, 9.17) is 9.47 Å². The molecule has 0 aromatic heterocycles. The largest absolute Gasteiger partial charge is 0.490 e. The van der Waals surface area contributed by atoms with Crippen molar-refractivity contribution in [3.8, 4) is 5.75 Å². The van der Waals surface area contributed by atoms with Crippen LogP contribution in [0.4, 0.5) is 0 Å². The standard InChI is InChI=1S/C15H22Br2O2/c1-4-11(5-2)15(17)12-6-7-14(13(16)10-12)19-9-8-18-3/h6-7,10-11,15H,4-5,8-9H2,1-3H3. The molecule has 1 atom stereocenters. The van der Waals surface area contributed by atoms with Crippen LogP contribution in [0.1, 0.15) is 37.1 Å². The van der Waals surface area contributed by atoms with Gasteiger partial charge < -0.3 is 9.47 Å². The molecule has 0 amide bonds. The fourth-order valence-electron chi connectivity index (χ4n) is 2.02. The SMILES string of the molecule is CCC(CC)C(Br)c1ccc(OCCOC)c(Br)c1. The maximum absolute atomic E-state index is 5.64. The van der Waals surface area contributed by atoms with Crippen LogP contribution in [0.2, 0.25) is 0 Å². The summed E-state index contributed by atoms with van der Waals surface area (Å²) in [5, 5.41) is 0. The summed E-state index contributed by atoms with van der Waals surface area (Å²) in [6.45, 7) is 5.64. The molecule has 2 nitrogen and oxygen atoms in total. The summed E-state index contributed by atoms with van der Waals surface area (Å²) in [7, 11) is 1.67. The Morgan fingerprint density at radius 1 is 1.16 bits per heavy atom. The molecule has 108 valence electrons. The molecule has 19 heavy (non-hydrogen) atoms. The zero-order valence-electron chi connectivity index (χ0n) is 11.8. The summed E-state index contributed by atoms with van der Waals surface area (Å²) in [5.41, 5.74) is 1.29. The zero-order valence-corrected chi connectivity index (χ0v) is 15.0. The fraction of sp³-hybridized carbons (Fsp3) is 0.600. The summed E-state index contributed by atoms with van der Waals surface area (Å²) < 4.78 is 11.6. The molecule has 0 heterocycles. The molecule has 0 radical (unpaired) electrons. The summed E-state index contributed by atoms with van der Waals surface area (Å²) in [6.07, 6.45) is 2.35. The number of ether oxygens (including phenoxy) is 2. The summed E-state index contributed by atoms with van der Waals surface area (Å²) in [5.74, 6) is 1.53. The van der Waals surface area contributed by atoms with Gasteiger partial charge >= 0.3 is 0 Å². The lowest BCUT2D eigenvalue weighted by Crippen LogP contribution is -2.07. The zero-order chi connectivity index (χ0) is 14.3. The van der Waals surface area contributed by atoms with Crippen molar-refractivity contribution in [2.75, 3.05) is 20.3 Å². The normalized spacial score (nSPS) is 12.7. The highest BCUT2D eigenvalue weighted by Crippen LogP contribution is 2.38. The van der Waals surface area contributed by atoms with Crippen LogP contribution >= 0.6 is 31.9 Å². The molecule has 1 aromatic carbocycles. The van der Waals surface area contributed by atoms with Crippen LogP contribution in [-0.4, -0.2) is 20.3 Å². The van der Waals surface area contributed by atoms with Crippen LogP contribution < -0.4 is 4.74 Å². The lowest BCUT2D eigenvalue weighted by molar-refractivity contribution is 0.146. The van der Waals surface area contributed by atoms with Gasteiger partial charge in [0.15, 0.2) is 0 Å². The first-order valence-electron chi connectivity index (χ1n) is 6.69. The van der Waals surface area contributed by atoms with E-state index in [1.807, 2.05) is 6.07 Å². The molecule has 0 spiro atoms. The fourth-order valence-corrected chi connectivity index (χ4v) is 3.56. The molecule has 1 unspecified atom stereocenters.